The van der Waals surface area contributed by atoms with Crippen molar-refractivity contribution in [2.24, 2.45) is 7.05 Å². The third-order valence-electron chi connectivity index (χ3n) is 4.55. The van der Waals surface area contributed by atoms with Crippen LogP contribution in [0.25, 0.3) is 0 Å². The molecule has 0 saturated heterocycles. The lowest BCUT2D eigenvalue weighted by atomic mass is 9.80. The van der Waals surface area contributed by atoms with Crippen molar-refractivity contribution < 1.29 is 14.5 Å². The Hall–Kier alpha value is -3.42. The number of nitrogens with one attached hydrogen (secondary N) is 1. The van der Waals surface area contributed by atoms with Crippen molar-refractivity contribution in [2.75, 3.05) is 11.9 Å². The average Bonchev–Trinajstić information content (AvgIpc) is 2.64. The number of allylic oxidation sites excluding steroid dienone is 1. The number of para-hydroxylation sites is 1. The SMILES string of the molecule is CCOC(=O)C1=C(C)Nc2ccn(C)c(=O)c2C1c1ccccc1[N+](=O)[O-]. The van der Waals surface area contributed by atoms with Gasteiger partial charge in [0.1, 0.15) is 0 Å². The lowest BCUT2D eigenvalue weighted by Crippen LogP contribution is -2.32. The van der Waals surface area contributed by atoms with Gasteiger partial charge in [-0.25, -0.2) is 4.79 Å². The molecule has 0 aliphatic carbocycles. The van der Waals surface area contributed by atoms with Crippen LogP contribution in [-0.2, 0) is 16.6 Å². The molecule has 1 unspecified atom stereocenters. The summed E-state index contributed by atoms with van der Waals surface area (Å²) < 4.78 is 6.55. The summed E-state index contributed by atoms with van der Waals surface area (Å²) in [5.41, 5.74) is 1.28. The minimum absolute atomic E-state index is 0.152. The minimum Gasteiger partial charge on any atom is -0.463 e. The highest BCUT2D eigenvalue weighted by molar-refractivity contribution is 5.95. The first-order chi connectivity index (χ1) is 12.9. The number of rotatable bonds is 4. The van der Waals surface area contributed by atoms with Gasteiger partial charge in [-0.2, -0.15) is 0 Å². The molecule has 140 valence electrons. The Kier molecular flexibility index (Phi) is 4.81. The number of pyridine rings is 1. The summed E-state index contributed by atoms with van der Waals surface area (Å²) in [4.78, 5) is 36.6. The smallest absolute Gasteiger partial charge is 0.336 e. The van der Waals surface area contributed by atoms with Crippen molar-refractivity contribution >= 4 is 17.3 Å². The first kappa shape index (κ1) is 18.4. The van der Waals surface area contributed by atoms with E-state index in [1.165, 1.54) is 10.6 Å². The quantitative estimate of drug-likeness (QED) is 0.505. The van der Waals surface area contributed by atoms with Crippen LogP contribution < -0.4 is 10.9 Å². The van der Waals surface area contributed by atoms with Crippen LogP contribution in [0.5, 0.6) is 0 Å². The highest BCUT2D eigenvalue weighted by Gasteiger charge is 2.38. The summed E-state index contributed by atoms with van der Waals surface area (Å²) in [6, 6.07) is 7.84. The lowest BCUT2D eigenvalue weighted by Gasteiger charge is -2.29. The topological polar surface area (TPSA) is 103 Å². The number of benzene rings is 1. The Morgan fingerprint density at radius 2 is 2.04 bits per heavy atom. The van der Waals surface area contributed by atoms with Gasteiger partial charge < -0.3 is 14.6 Å². The molecule has 1 aliphatic rings. The molecule has 0 fully saturated rings. The summed E-state index contributed by atoms with van der Waals surface area (Å²) in [5.74, 6) is -1.51. The number of carbonyl (C=O) groups excluding carboxylic acids is 1. The van der Waals surface area contributed by atoms with Crippen molar-refractivity contribution in [1.82, 2.24) is 4.57 Å². The molecule has 0 bridgehead atoms. The maximum atomic E-state index is 12.9. The van der Waals surface area contributed by atoms with Crippen LogP contribution in [0.4, 0.5) is 11.4 Å². The largest absolute Gasteiger partial charge is 0.463 e. The van der Waals surface area contributed by atoms with E-state index in [9.17, 15) is 19.7 Å². The van der Waals surface area contributed by atoms with E-state index in [-0.39, 0.29) is 34.6 Å². The van der Waals surface area contributed by atoms with Crippen LogP contribution >= 0.6 is 0 Å². The fourth-order valence-corrected chi connectivity index (χ4v) is 3.36. The molecule has 0 radical (unpaired) electrons. The van der Waals surface area contributed by atoms with Gasteiger partial charge in [-0.3, -0.25) is 14.9 Å². The number of nitrogens with zero attached hydrogens (tertiary/aromatic N) is 2. The van der Waals surface area contributed by atoms with E-state index in [2.05, 4.69) is 5.32 Å². The van der Waals surface area contributed by atoms with Gasteiger partial charge in [0.15, 0.2) is 0 Å². The van der Waals surface area contributed by atoms with Gasteiger partial charge in [0, 0.05) is 36.3 Å². The van der Waals surface area contributed by atoms with E-state index in [1.807, 2.05) is 0 Å². The molecule has 0 amide bonds. The van der Waals surface area contributed by atoms with E-state index in [1.54, 1.807) is 51.4 Å². The molecule has 1 aromatic heterocycles. The predicted octanol–water partition coefficient (Wildman–Crippen LogP) is 2.69. The molecule has 1 aliphatic heterocycles. The first-order valence-electron chi connectivity index (χ1n) is 8.44. The number of ether oxygens (including phenoxy) is 1. The normalized spacial score (nSPS) is 15.7. The summed E-state index contributed by atoms with van der Waals surface area (Å²) >= 11 is 0. The molecule has 1 aromatic carbocycles. The van der Waals surface area contributed by atoms with Crippen LogP contribution in [-0.4, -0.2) is 22.1 Å². The highest BCUT2D eigenvalue weighted by Crippen LogP contribution is 2.43. The fraction of sp³-hybridized carbons (Fsp3) is 0.263. The number of esters is 1. The average molecular weight is 369 g/mol. The van der Waals surface area contributed by atoms with Crippen LogP contribution in [0.1, 0.15) is 30.9 Å². The third-order valence-corrected chi connectivity index (χ3v) is 4.55. The molecule has 8 nitrogen and oxygen atoms in total. The summed E-state index contributed by atoms with van der Waals surface area (Å²) in [7, 11) is 1.59. The highest BCUT2D eigenvalue weighted by atomic mass is 16.6. The van der Waals surface area contributed by atoms with E-state index in [0.29, 0.717) is 11.4 Å². The summed E-state index contributed by atoms with van der Waals surface area (Å²) in [6.45, 7) is 3.52. The van der Waals surface area contributed by atoms with Gasteiger partial charge in [0.2, 0.25) is 0 Å². The van der Waals surface area contributed by atoms with Crippen molar-refractivity contribution in [2.45, 2.75) is 19.8 Å². The molecule has 0 saturated carbocycles. The molecule has 1 atom stereocenters. The molecule has 8 heteroatoms. The zero-order chi connectivity index (χ0) is 19.7. The molecule has 2 aromatic rings. The van der Waals surface area contributed by atoms with E-state index >= 15 is 0 Å². The number of aryl methyl sites for hydroxylation is 1. The number of carbonyl (C=O) groups is 1. The molecule has 0 spiro atoms. The van der Waals surface area contributed by atoms with Gasteiger partial charge >= 0.3 is 5.97 Å². The number of hydrogen-bond donors (Lipinski definition) is 1. The second-order valence-corrected chi connectivity index (χ2v) is 6.19. The zero-order valence-electron chi connectivity index (χ0n) is 15.2. The molecular formula is C19H19N3O5. The number of nitro benzene ring substituents is 1. The van der Waals surface area contributed by atoms with Gasteiger partial charge in [-0.1, -0.05) is 18.2 Å². The van der Waals surface area contributed by atoms with Crippen molar-refractivity contribution in [3.05, 3.63) is 79.4 Å². The van der Waals surface area contributed by atoms with E-state index < -0.39 is 16.8 Å². The van der Waals surface area contributed by atoms with Crippen LogP contribution in [0.2, 0.25) is 0 Å². The Balaban J connectivity index is 2.36. The number of anilines is 1. The van der Waals surface area contributed by atoms with Crippen LogP contribution in [0.3, 0.4) is 0 Å². The van der Waals surface area contributed by atoms with Gasteiger partial charge in [0.25, 0.3) is 11.2 Å². The Morgan fingerprint density at radius 1 is 1.33 bits per heavy atom. The van der Waals surface area contributed by atoms with Gasteiger partial charge in [0.05, 0.1) is 28.6 Å². The fourth-order valence-electron chi connectivity index (χ4n) is 3.36. The second kappa shape index (κ2) is 7.06. The number of fused-ring (bicyclic) bond motifs is 1. The van der Waals surface area contributed by atoms with Crippen molar-refractivity contribution in [3.8, 4) is 0 Å². The van der Waals surface area contributed by atoms with Gasteiger partial charge in [-0.05, 0) is 19.9 Å². The summed E-state index contributed by atoms with van der Waals surface area (Å²) in [6.07, 6.45) is 1.60. The lowest BCUT2D eigenvalue weighted by molar-refractivity contribution is -0.385. The monoisotopic (exact) mass is 369 g/mol. The Bertz CT molecular complexity index is 1020. The Morgan fingerprint density at radius 3 is 2.70 bits per heavy atom. The summed E-state index contributed by atoms with van der Waals surface area (Å²) in [5, 5.41) is 14.6. The van der Waals surface area contributed by atoms with E-state index in [0.717, 1.165) is 0 Å². The molecule has 2 heterocycles. The van der Waals surface area contributed by atoms with E-state index in [4.69, 9.17) is 4.74 Å². The number of hydrogen-bond acceptors (Lipinski definition) is 6. The standard InChI is InChI=1S/C19H19N3O5/c1-4-27-19(24)15-11(2)20-13-9-10-21(3)18(23)17(13)16(15)12-7-5-6-8-14(12)22(25)26/h5-10,16,20H,4H2,1-3H3. The number of aromatic nitrogens is 1. The van der Waals surface area contributed by atoms with Gasteiger partial charge in [-0.15, -0.1) is 0 Å². The maximum Gasteiger partial charge on any atom is 0.336 e. The minimum atomic E-state index is -0.901. The molecule has 1 N–H and O–H groups in total. The molecular weight excluding hydrogens is 350 g/mol. The molecule has 3 rings (SSSR count). The predicted molar refractivity (Wildman–Crippen MR) is 99.6 cm³/mol. The van der Waals surface area contributed by atoms with Crippen molar-refractivity contribution in [1.29, 1.82) is 0 Å². The third kappa shape index (κ3) is 3.10. The first-order valence-corrected chi connectivity index (χ1v) is 8.44. The zero-order valence-corrected chi connectivity index (χ0v) is 15.2. The van der Waals surface area contributed by atoms with Crippen LogP contribution in [0, 0.1) is 10.1 Å². The second-order valence-electron chi connectivity index (χ2n) is 6.19. The molecule has 27 heavy (non-hydrogen) atoms. The van der Waals surface area contributed by atoms with Crippen molar-refractivity contribution in [3.63, 3.8) is 0 Å². The number of nitro groups is 1. The van der Waals surface area contributed by atoms with Crippen LogP contribution in [0.15, 0.2) is 52.6 Å². The maximum absolute atomic E-state index is 12.9. The Labute approximate surface area is 155 Å².